The van der Waals surface area contributed by atoms with E-state index in [-0.39, 0.29) is 11.2 Å². The van der Waals surface area contributed by atoms with Gasteiger partial charge in [0.1, 0.15) is 0 Å². The topological polar surface area (TPSA) is 80.9 Å². The van der Waals surface area contributed by atoms with E-state index in [1.54, 1.807) is 6.92 Å². The van der Waals surface area contributed by atoms with E-state index in [0.29, 0.717) is 0 Å². The summed E-state index contributed by atoms with van der Waals surface area (Å²) in [5.74, 6) is -0.348. The predicted octanol–water partition coefficient (Wildman–Crippen LogP) is 3.37. The predicted molar refractivity (Wildman–Crippen MR) is 92.9 cm³/mol. The molecule has 1 heterocycles. The first kappa shape index (κ1) is 16.8. The lowest BCUT2D eigenvalue weighted by Gasteiger charge is -2.13. The fraction of sp³-hybridized carbons (Fsp3) is 0.400. The van der Waals surface area contributed by atoms with Crippen LogP contribution in [0.15, 0.2) is 22.5 Å². The van der Waals surface area contributed by atoms with Crippen molar-refractivity contribution in [3.8, 4) is 0 Å². The second kappa shape index (κ2) is 7.60. The van der Waals surface area contributed by atoms with Crippen molar-refractivity contribution >= 4 is 39.8 Å². The van der Waals surface area contributed by atoms with E-state index in [0.717, 1.165) is 28.0 Å². The van der Waals surface area contributed by atoms with E-state index in [2.05, 4.69) is 47.6 Å². The molecule has 2 rings (SSSR count). The Morgan fingerprint density at radius 3 is 2.50 bits per heavy atom. The molecule has 5 nitrogen and oxygen atoms in total. The monoisotopic (exact) mass is 336 g/mol. The average Bonchev–Trinajstić information content (AvgIpc) is 2.94. The molecule has 0 spiro atoms. The molecule has 0 unspecified atom stereocenters. The summed E-state index contributed by atoms with van der Waals surface area (Å²) in [7, 11) is 0. The molecule has 0 aliphatic carbocycles. The summed E-state index contributed by atoms with van der Waals surface area (Å²) in [5, 5.41) is 12.1. The molecule has 1 aromatic heterocycles. The van der Waals surface area contributed by atoms with Crippen molar-refractivity contribution in [2.45, 2.75) is 43.2 Å². The van der Waals surface area contributed by atoms with Crippen LogP contribution in [0.2, 0.25) is 0 Å². The maximum absolute atomic E-state index is 11.1. The van der Waals surface area contributed by atoms with E-state index < -0.39 is 0 Å². The SMILES string of the molecule is CCc1cccc(CC)c1Nc1nnc(S[C@@H](C)C(N)=O)s1. The molecule has 0 aliphatic rings. The van der Waals surface area contributed by atoms with E-state index in [9.17, 15) is 4.79 Å². The lowest BCUT2D eigenvalue weighted by molar-refractivity contribution is -0.117. The zero-order chi connectivity index (χ0) is 16.1. The molecule has 7 heteroatoms. The lowest BCUT2D eigenvalue weighted by atomic mass is 10.0. The Hall–Kier alpha value is -1.60. The second-order valence-corrected chi connectivity index (χ2v) is 7.38. The van der Waals surface area contributed by atoms with Gasteiger partial charge in [0.25, 0.3) is 0 Å². The van der Waals surface area contributed by atoms with Crippen LogP contribution in [0.1, 0.15) is 31.9 Å². The average molecular weight is 336 g/mol. The van der Waals surface area contributed by atoms with Crippen LogP contribution < -0.4 is 11.1 Å². The summed E-state index contributed by atoms with van der Waals surface area (Å²) >= 11 is 2.77. The zero-order valence-corrected chi connectivity index (χ0v) is 14.6. The number of nitrogens with one attached hydrogen (secondary N) is 1. The Labute approximate surface area is 138 Å². The molecule has 0 fully saturated rings. The highest BCUT2D eigenvalue weighted by atomic mass is 32.2. The number of nitrogens with two attached hydrogens (primary N) is 1. The second-order valence-electron chi connectivity index (χ2n) is 4.82. The molecule has 0 radical (unpaired) electrons. The van der Waals surface area contributed by atoms with E-state index in [1.807, 2.05) is 0 Å². The molecule has 0 saturated heterocycles. The van der Waals surface area contributed by atoms with Gasteiger partial charge in [0.15, 0.2) is 4.34 Å². The third-order valence-corrected chi connectivity index (χ3v) is 5.36. The van der Waals surface area contributed by atoms with Crippen molar-refractivity contribution in [3.05, 3.63) is 29.3 Å². The summed E-state index contributed by atoms with van der Waals surface area (Å²) in [4.78, 5) is 11.1. The molecule has 2 aromatic rings. The van der Waals surface area contributed by atoms with Gasteiger partial charge in [0.05, 0.1) is 5.25 Å². The van der Waals surface area contributed by atoms with Gasteiger partial charge >= 0.3 is 0 Å². The van der Waals surface area contributed by atoms with Crippen molar-refractivity contribution in [1.82, 2.24) is 10.2 Å². The van der Waals surface area contributed by atoms with Crippen molar-refractivity contribution in [3.63, 3.8) is 0 Å². The zero-order valence-electron chi connectivity index (χ0n) is 12.9. The number of carbonyl (C=O) groups is 1. The van der Waals surface area contributed by atoms with Crippen LogP contribution in [-0.4, -0.2) is 21.4 Å². The summed E-state index contributed by atoms with van der Waals surface area (Å²) in [5.41, 5.74) is 8.90. The van der Waals surface area contributed by atoms with Gasteiger partial charge in [-0.05, 0) is 30.9 Å². The number of thioether (sulfide) groups is 1. The van der Waals surface area contributed by atoms with Gasteiger partial charge in [0, 0.05) is 5.69 Å². The highest BCUT2D eigenvalue weighted by molar-refractivity contribution is 8.02. The van der Waals surface area contributed by atoms with Gasteiger partial charge in [-0.2, -0.15) is 0 Å². The molecule has 22 heavy (non-hydrogen) atoms. The fourth-order valence-electron chi connectivity index (χ4n) is 2.03. The van der Waals surface area contributed by atoms with Gasteiger partial charge in [0.2, 0.25) is 11.0 Å². The minimum Gasteiger partial charge on any atom is -0.369 e. The van der Waals surface area contributed by atoms with Crippen molar-refractivity contribution in [2.75, 3.05) is 5.32 Å². The summed E-state index contributed by atoms with van der Waals surface area (Å²) in [6.45, 7) is 6.04. The minimum atomic E-state index is -0.348. The van der Waals surface area contributed by atoms with Gasteiger partial charge in [-0.15, -0.1) is 10.2 Å². The van der Waals surface area contributed by atoms with Crippen LogP contribution in [0.3, 0.4) is 0 Å². The third-order valence-electron chi connectivity index (χ3n) is 3.32. The molecular formula is C15H20N4OS2. The Morgan fingerprint density at radius 2 is 1.95 bits per heavy atom. The Balaban J connectivity index is 2.18. The summed E-state index contributed by atoms with van der Waals surface area (Å²) < 4.78 is 0.737. The number of amides is 1. The van der Waals surface area contributed by atoms with E-state index in [4.69, 9.17) is 5.73 Å². The highest BCUT2D eigenvalue weighted by Gasteiger charge is 2.15. The molecule has 0 bridgehead atoms. The molecule has 3 N–H and O–H groups in total. The van der Waals surface area contributed by atoms with Crippen LogP contribution in [0.5, 0.6) is 0 Å². The van der Waals surface area contributed by atoms with E-state index in [1.165, 1.54) is 34.2 Å². The molecule has 1 aromatic carbocycles. The molecular weight excluding hydrogens is 316 g/mol. The van der Waals surface area contributed by atoms with E-state index >= 15 is 0 Å². The standard InChI is InChI=1S/C15H20N4OS2/c1-4-10-7-6-8-11(5-2)12(10)17-14-18-19-15(22-14)21-9(3)13(16)20/h6-9H,4-5H2,1-3H3,(H2,16,20)(H,17,18)/t9-/m0/s1. The lowest BCUT2D eigenvalue weighted by Crippen LogP contribution is -2.22. The quantitative estimate of drug-likeness (QED) is 0.758. The van der Waals surface area contributed by atoms with Gasteiger partial charge in [-0.3, -0.25) is 4.79 Å². The van der Waals surface area contributed by atoms with Crippen molar-refractivity contribution < 1.29 is 4.79 Å². The number of hydrogen-bond donors (Lipinski definition) is 2. The van der Waals surface area contributed by atoms with Gasteiger partial charge in [-0.25, -0.2) is 0 Å². The van der Waals surface area contributed by atoms with Crippen LogP contribution in [-0.2, 0) is 17.6 Å². The number of rotatable bonds is 7. The number of aromatic nitrogens is 2. The summed E-state index contributed by atoms with van der Waals surface area (Å²) in [6, 6.07) is 6.32. The van der Waals surface area contributed by atoms with Gasteiger partial charge < -0.3 is 11.1 Å². The van der Waals surface area contributed by atoms with Crippen LogP contribution >= 0.6 is 23.1 Å². The van der Waals surface area contributed by atoms with Crippen LogP contribution in [0, 0.1) is 0 Å². The first-order valence-electron chi connectivity index (χ1n) is 7.22. The van der Waals surface area contributed by atoms with Crippen molar-refractivity contribution in [2.24, 2.45) is 5.73 Å². The Kier molecular flexibility index (Phi) is 5.79. The fourth-order valence-corrected chi connectivity index (χ4v) is 3.88. The number of hydrogen-bond acceptors (Lipinski definition) is 6. The normalized spacial score (nSPS) is 12.1. The number of nitrogens with zero attached hydrogens (tertiary/aromatic N) is 2. The maximum Gasteiger partial charge on any atom is 0.230 e. The maximum atomic E-state index is 11.1. The molecule has 1 atom stereocenters. The third kappa shape index (κ3) is 3.98. The minimum absolute atomic E-state index is 0.310. The number of carbonyl (C=O) groups excluding carboxylic acids is 1. The Bertz CT molecular complexity index is 634. The first-order chi connectivity index (χ1) is 10.5. The number of primary amides is 1. The molecule has 118 valence electrons. The molecule has 1 amide bonds. The highest BCUT2D eigenvalue weighted by Crippen LogP contribution is 2.32. The van der Waals surface area contributed by atoms with Gasteiger partial charge in [-0.1, -0.05) is 55.1 Å². The largest absolute Gasteiger partial charge is 0.369 e. The molecule has 0 aliphatic heterocycles. The van der Waals surface area contributed by atoms with Crippen LogP contribution in [0.25, 0.3) is 0 Å². The van der Waals surface area contributed by atoms with Crippen LogP contribution in [0.4, 0.5) is 10.8 Å². The Morgan fingerprint density at radius 1 is 1.32 bits per heavy atom. The summed E-state index contributed by atoms with van der Waals surface area (Å²) in [6.07, 6.45) is 1.91. The number of para-hydroxylation sites is 1. The number of anilines is 2. The molecule has 0 saturated carbocycles. The first-order valence-corrected chi connectivity index (χ1v) is 8.92. The smallest absolute Gasteiger partial charge is 0.230 e. The number of benzene rings is 1. The van der Waals surface area contributed by atoms with Crippen molar-refractivity contribution in [1.29, 1.82) is 0 Å². The number of aryl methyl sites for hydroxylation is 2.